The zero-order chi connectivity index (χ0) is 10.7. The number of carbonyl (C=O) groups excluding carboxylic acids is 1. The van der Waals surface area contributed by atoms with Gasteiger partial charge in [0.25, 0.3) is 0 Å². The molecule has 84 valence electrons. The molecule has 3 nitrogen and oxygen atoms in total. The van der Waals surface area contributed by atoms with E-state index in [0.29, 0.717) is 12.6 Å². The third-order valence-electron chi connectivity index (χ3n) is 3.60. The molecule has 15 heavy (non-hydrogen) atoms. The SMILES string of the molecule is CCOC(=O)[C@]12CC=CCN[C@H]1CCC2. The molecule has 1 aliphatic carbocycles. The molecule has 0 amide bonds. The van der Waals surface area contributed by atoms with Crippen molar-refractivity contribution in [3.05, 3.63) is 12.2 Å². The van der Waals surface area contributed by atoms with Gasteiger partial charge in [0, 0.05) is 12.6 Å². The number of ether oxygens (including phenoxy) is 1. The van der Waals surface area contributed by atoms with Crippen molar-refractivity contribution in [3.63, 3.8) is 0 Å². The van der Waals surface area contributed by atoms with E-state index in [9.17, 15) is 4.79 Å². The summed E-state index contributed by atoms with van der Waals surface area (Å²) >= 11 is 0. The largest absolute Gasteiger partial charge is 0.466 e. The Bertz CT molecular complexity index is 275. The van der Waals surface area contributed by atoms with Gasteiger partial charge >= 0.3 is 5.97 Å². The summed E-state index contributed by atoms with van der Waals surface area (Å²) in [5.74, 6) is -0.00782. The zero-order valence-electron chi connectivity index (χ0n) is 9.29. The van der Waals surface area contributed by atoms with Crippen molar-refractivity contribution in [1.29, 1.82) is 0 Å². The van der Waals surface area contributed by atoms with E-state index in [1.807, 2.05) is 6.92 Å². The molecular formula is C12H19NO2. The predicted molar refractivity (Wildman–Crippen MR) is 58.5 cm³/mol. The summed E-state index contributed by atoms with van der Waals surface area (Å²) in [4.78, 5) is 12.1. The van der Waals surface area contributed by atoms with E-state index in [0.717, 1.165) is 32.2 Å². The van der Waals surface area contributed by atoms with Crippen molar-refractivity contribution in [3.8, 4) is 0 Å². The first-order chi connectivity index (χ1) is 7.29. The number of allylic oxidation sites excluding steroid dienone is 1. The number of fused-ring (bicyclic) bond motifs is 1. The molecule has 0 aromatic rings. The van der Waals surface area contributed by atoms with Crippen molar-refractivity contribution in [2.45, 2.75) is 38.6 Å². The van der Waals surface area contributed by atoms with Crippen LogP contribution in [0.4, 0.5) is 0 Å². The number of esters is 1. The first-order valence-corrected chi connectivity index (χ1v) is 5.85. The number of rotatable bonds is 2. The first kappa shape index (κ1) is 10.7. The Morgan fingerprint density at radius 3 is 3.27 bits per heavy atom. The second-order valence-corrected chi connectivity index (χ2v) is 4.41. The fourth-order valence-corrected chi connectivity index (χ4v) is 2.80. The molecule has 0 aromatic heterocycles. The topological polar surface area (TPSA) is 38.3 Å². The average Bonchev–Trinajstić information content (AvgIpc) is 2.53. The molecule has 1 N–H and O–H groups in total. The van der Waals surface area contributed by atoms with Gasteiger partial charge in [-0.2, -0.15) is 0 Å². The lowest BCUT2D eigenvalue weighted by molar-refractivity contribution is -0.156. The molecule has 0 aromatic carbocycles. The Kier molecular flexibility index (Phi) is 3.10. The van der Waals surface area contributed by atoms with Crippen LogP contribution < -0.4 is 5.32 Å². The van der Waals surface area contributed by atoms with Crippen molar-refractivity contribution in [2.75, 3.05) is 13.2 Å². The summed E-state index contributed by atoms with van der Waals surface area (Å²) in [7, 11) is 0. The first-order valence-electron chi connectivity index (χ1n) is 5.85. The minimum atomic E-state index is -0.275. The second-order valence-electron chi connectivity index (χ2n) is 4.41. The van der Waals surface area contributed by atoms with E-state index in [1.54, 1.807) is 0 Å². The summed E-state index contributed by atoms with van der Waals surface area (Å²) in [6.07, 6.45) is 8.26. The highest BCUT2D eigenvalue weighted by Gasteiger charge is 2.49. The van der Waals surface area contributed by atoms with Crippen LogP contribution in [0.3, 0.4) is 0 Å². The van der Waals surface area contributed by atoms with Crippen molar-refractivity contribution >= 4 is 5.97 Å². The van der Waals surface area contributed by atoms with Gasteiger partial charge in [0.05, 0.1) is 12.0 Å². The van der Waals surface area contributed by atoms with Gasteiger partial charge < -0.3 is 10.1 Å². The molecule has 0 unspecified atom stereocenters. The molecule has 1 saturated carbocycles. The number of nitrogens with one attached hydrogen (secondary N) is 1. The summed E-state index contributed by atoms with van der Waals surface area (Å²) in [6, 6.07) is 0.312. The molecule has 0 spiro atoms. The third kappa shape index (κ3) is 1.81. The van der Waals surface area contributed by atoms with Crippen LogP contribution in [0.25, 0.3) is 0 Å². The molecular weight excluding hydrogens is 190 g/mol. The summed E-state index contributed by atoms with van der Waals surface area (Å²) in [5.41, 5.74) is -0.275. The lowest BCUT2D eigenvalue weighted by Crippen LogP contribution is -2.46. The van der Waals surface area contributed by atoms with Crippen molar-refractivity contribution in [2.24, 2.45) is 5.41 Å². The van der Waals surface area contributed by atoms with Gasteiger partial charge in [-0.3, -0.25) is 4.79 Å². The Morgan fingerprint density at radius 2 is 2.47 bits per heavy atom. The highest BCUT2D eigenvalue weighted by atomic mass is 16.5. The Labute approximate surface area is 90.9 Å². The van der Waals surface area contributed by atoms with E-state index < -0.39 is 0 Å². The number of carbonyl (C=O) groups is 1. The Hall–Kier alpha value is -0.830. The summed E-state index contributed by atoms with van der Waals surface area (Å²) in [5, 5.41) is 3.44. The Morgan fingerprint density at radius 1 is 1.60 bits per heavy atom. The minimum absolute atomic E-state index is 0.00782. The van der Waals surface area contributed by atoms with Crippen LogP contribution in [0.2, 0.25) is 0 Å². The molecule has 2 rings (SSSR count). The van der Waals surface area contributed by atoms with Crippen LogP contribution in [0.5, 0.6) is 0 Å². The van der Waals surface area contributed by atoms with Crippen LogP contribution in [-0.2, 0) is 9.53 Å². The maximum absolute atomic E-state index is 12.1. The lowest BCUT2D eigenvalue weighted by Gasteiger charge is -2.31. The molecule has 2 aliphatic rings. The van der Waals surface area contributed by atoms with E-state index in [4.69, 9.17) is 4.74 Å². The van der Waals surface area contributed by atoms with Crippen LogP contribution in [0.15, 0.2) is 12.2 Å². The van der Waals surface area contributed by atoms with Gasteiger partial charge in [-0.15, -0.1) is 0 Å². The highest BCUT2D eigenvalue weighted by molar-refractivity contribution is 5.78. The van der Waals surface area contributed by atoms with Gasteiger partial charge in [0.2, 0.25) is 0 Å². The maximum Gasteiger partial charge on any atom is 0.313 e. The maximum atomic E-state index is 12.1. The zero-order valence-corrected chi connectivity index (χ0v) is 9.29. The van der Waals surface area contributed by atoms with Gasteiger partial charge in [0.15, 0.2) is 0 Å². The van der Waals surface area contributed by atoms with Crippen molar-refractivity contribution < 1.29 is 9.53 Å². The summed E-state index contributed by atoms with van der Waals surface area (Å²) < 4.78 is 5.23. The molecule has 1 aliphatic heterocycles. The van der Waals surface area contributed by atoms with Gasteiger partial charge in [0.1, 0.15) is 0 Å². The number of hydrogen-bond acceptors (Lipinski definition) is 3. The summed E-state index contributed by atoms with van der Waals surface area (Å²) in [6.45, 7) is 3.24. The van der Waals surface area contributed by atoms with Gasteiger partial charge in [-0.25, -0.2) is 0 Å². The normalized spacial score (nSPS) is 34.6. The molecule has 0 radical (unpaired) electrons. The van der Waals surface area contributed by atoms with E-state index in [-0.39, 0.29) is 11.4 Å². The van der Waals surface area contributed by atoms with Crippen LogP contribution in [0.1, 0.15) is 32.6 Å². The number of hydrogen-bond donors (Lipinski definition) is 1. The molecule has 1 heterocycles. The van der Waals surface area contributed by atoms with Gasteiger partial charge in [-0.05, 0) is 26.2 Å². The predicted octanol–water partition coefficient (Wildman–Crippen LogP) is 1.64. The highest BCUT2D eigenvalue weighted by Crippen LogP contribution is 2.43. The monoisotopic (exact) mass is 209 g/mol. The smallest absolute Gasteiger partial charge is 0.313 e. The van der Waals surface area contributed by atoms with Crippen LogP contribution in [0, 0.1) is 5.41 Å². The Balaban J connectivity index is 2.19. The molecule has 0 bridgehead atoms. The second kappa shape index (κ2) is 4.35. The third-order valence-corrected chi connectivity index (χ3v) is 3.60. The quantitative estimate of drug-likeness (QED) is 0.555. The fraction of sp³-hybridized carbons (Fsp3) is 0.750. The fourth-order valence-electron chi connectivity index (χ4n) is 2.80. The standard InChI is InChI=1S/C12H19NO2/c1-2-15-11(14)12-7-3-4-9-13-10(12)6-5-8-12/h3-4,10,13H,2,5-9H2,1H3/t10-,12-/m0/s1. The van der Waals surface area contributed by atoms with E-state index >= 15 is 0 Å². The molecule has 3 heteroatoms. The van der Waals surface area contributed by atoms with Crippen LogP contribution in [-0.4, -0.2) is 25.2 Å². The van der Waals surface area contributed by atoms with Gasteiger partial charge in [-0.1, -0.05) is 18.6 Å². The van der Waals surface area contributed by atoms with Crippen molar-refractivity contribution in [1.82, 2.24) is 5.32 Å². The molecule has 2 atom stereocenters. The van der Waals surface area contributed by atoms with E-state index in [2.05, 4.69) is 17.5 Å². The van der Waals surface area contributed by atoms with Crippen LogP contribution >= 0.6 is 0 Å². The van der Waals surface area contributed by atoms with E-state index in [1.165, 1.54) is 0 Å². The average molecular weight is 209 g/mol. The minimum Gasteiger partial charge on any atom is -0.466 e. The molecule has 1 fully saturated rings. The molecule has 0 saturated heterocycles. The lowest BCUT2D eigenvalue weighted by atomic mass is 9.79.